The Bertz CT molecular complexity index is 316. The minimum Gasteiger partial charge on any atom is -0.494 e. The summed E-state index contributed by atoms with van der Waals surface area (Å²) in [5, 5.41) is 0. The summed E-state index contributed by atoms with van der Waals surface area (Å²) in [7, 11) is 0. The zero-order valence-electron chi connectivity index (χ0n) is 11.1. The van der Waals surface area contributed by atoms with E-state index >= 15 is 0 Å². The summed E-state index contributed by atoms with van der Waals surface area (Å²) in [6.07, 6.45) is 4.95. The molecule has 0 saturated carbocycles. The number of ether oxygens (including phenoxy) is 1. The number of unbranched alkanes of at least 4 members (excludes halogenated alkanes) is 1. The maximum absolute atomic E-state index is 5.65. The van der Waals surface area contributed by atoms with Gasteiger partial charge in [-0.15, -0.1) is 0 Å². The number of benzene rings is 1. The van der Waals surface area contributed by atoms with Gasteiger partial charge in [0.25, 0.3) is 0 Å². The van der Waals surface area contributed by atoms with Crippen molar-refractivity contribution in [2.75, 3.05) is 6.61 Å². The smallest absolute Gasteiger partial charge is 0.119 e. The Balaban J connectivity index is 2.13. The van der Waals surface area contributed by atoms with E-state index in [1.165, 1.54) is 19.3 Å². The van der Waals surface area contributed by atoms with Crippen molar-refractivity contribution in [3.8, 4) is 0 Å². The first-order valence-corrected chi connectivity index (χ1v) is 6.61. The molecule has 0 aliphatic rings. The third-order valence-electron chi connectivity index (χ3n) is 3.16. The van der Waals surface area contributed by atoms with Crippen molar-refractivity contribution in [2.45, 2.75) is 39.5 Å². The third-order valence-corrected chi connectivity index (χ3v) is 3.16. The van der Waals surface area contributed by atoms with E-state index in [-0.39, 0.29) is 0 Å². The van der Waals surface area contributed by atoms with Crippen LogP contribution in [0.25, 0.3) is 5.76 Å². The van der Waals surface area contributed by atoms with Gasteiger partial charge in [0.15, 0.2) is 0 Å². The molecule has 0 saturated heterocycles. The molecular formula is C16H24O. The highest BCUT2D eigenvalue weighted by Gasteiger charge is 2.00. The highest BCUT2D eigenvalue weighted by atomic mass is 16.5. The fourth-order valence-electron chi connectivity index (χ4n) is 1.70. The molecule has 0 amide bonds. The van der Waals surface area contributed by atoms with Gasteiger partial charge in [0.2, 0.25) is 0 Å². The lowest BCUT2D eigenvalue weighted by Crippen LogP contribution is -1.97. The first kappa shape index (κ1) is 13.8. The molecule has 0 aliphatic heterocycles. The van der Waals surface area contributed by atoms with Crippen LogP contribution in [0.4, 0.5) is 0 Å². The van der Waals surface area contributed by atoms with Gasteiger partial charge in [-0.2, -0.15) is 0 Å². The van der Waals surface area contributed by atoms with E-state index in [0.29, 0.717) is 0 Å². The summed E-state index contributed by atoms with van der Waals surface area (Å²) in [6, 6.07) is 10.1. The molecule has 0 bridgehead atoms. The van der Waals surface area contributed by atoms with E-state index in [1.54, 1.807) is 0 Å². The maximum Gasteiger partial charge on any atom is 0.119 e. The van der Waals surface area contributed by atoms with Crippen molar-refractivity contribution in [2.24, 2.45) is 5.92 Å². The average molecular weight is 232 g/mol. The zero-order chi connectivity index (χ0) is 12.5. The molecule has 94 valence electrons. The summed E-state index contributed by atoms with van der Waals surface area (Å²) in [5.74, 6) is 1.63. The number of hydrogen-bond donors (Lipinski definition) is 0. The molecule has 0 N–H and O–H groups in total. The van der Waals surface area contributed by atoms with Crippen LogP contribution in [0.5, 0.6) is 0 Å². The first-order chi connectivity index (χ1) is 8.24. The van der Waals surface area contributed by atoms with Gasteiger partial charge in [0.1, 0.15) is 5.76 Å². The predicted octanol–water partition coefficient (Wildman–Crippen LogP) is 4.89. The second-order valence-corrected chi connectivity index (χ2v) is 4.65. The van der Waals surface area contributed by atoms with Crippen LogP contribution in [0, 0.1) is 5.92 Å². The Morgan fingerprint density at radius 3 is 2.59 bits per heavy atom. The molecule has 1 aromatic rings. The number of rotatable bonds is 8. The summed E-state index contributed by atoms with van der Waals surface area (Å²) in [5.41, 5.74) is 1.08. The Morgan fingerprint density at radius 1 is 1.24 bits per heavy atom. The molecule has 0 spiro atoms. The largest absolute Gasteiger partial charge is 0.494 e. The quantitative estimate of drug-likeness (QED) is 0.458. The fourth-order valence-corrected chi connectivity index (χ4v) is 1.70. The molecule has 1 rings (SSSR count). The second kappa shape index (κ2) is 7.94. The van der Waals surface area contributed by atoms with Crippen LogP contribution >= 0.6 is 0 Å². The molecule has 1 nitrogen and oxygen atoms in total. The Morgan fingerprint density at radius 2 is 1.94 bits per heavy atom. The van der Waals surface area contributed by atoms with Crippen molar-refractivity contribution < 1.29 is 4.74 Å². The predicted molar refractivity (Wildman–Crippen MR) is 74.7 cm³/mol. The molecule has 1 unspecified atom stereocenters. The lowest BCUT2D eigenvalue weighted by atomic mass is 10.0. The minimum atomic E-state index is 0.782. The third kappa shape index (κ3) is 5.58. The van der Waals surface area contributed by atoms with Crippen LogP contribution < -0.4 is 0 Å². The Kier molecular flexibility index (Phi) is 6.46. The lowest BCUT2D eigenvalue weighted by molar-refractivity contribution is 0.264. The average Bonchev–Trinajstić information content (AvgIpc) is 2.38. The van der Waals surface area contributed by atoms with Gasteiger partial charge in [-0.1, -0.05) is 63.6 Å². The van der Waals surface area contributed by atoms with E-state index < -0.39 is 0 Å². The normalized spacial score (nSPS) is 12.1. The fraction of sp³-hybridized carbons (Fsp3) is 0.500. The SMILES string of the molecule is C=C(OCCCCC(C)CC)c1ccccc1. The molecule has 0 aromatic heterocycles. The van der Waals surface area contributed by atoms with E-state index in [9.17, 15) is 0 Å². The lowest BCUT2D eigenvalue weighted by Gasteiger charge is -2.10. The number of hydrogen-bond acceptors (Lipinski definition) is 1. The Hall–Kier alpha value is -1.24. The second-order valence-electron chi connectivity index (χ2n) is 4.65. The summed E-state index contributed by atoms with van der Waals surface area (Å²) in [6.45, 7) is 9.29. The zero-order valence-corrected chi connectivity index (χ0v) is 11.1. The van der Waals surface area contributed by atoms with Gasteiger partial charge in [0, 0.05) is 5.56 Å². The molecule has 17 heavy (non-hydrogen) atoms. The molecule has 1 atom stereocenters. The molecule has 0 heterocycles. The van der Waals surface area contributed by atoms with Crippen LogP contribution in [-0.2, 0) is 4.74 Å². The molecule has 0 fully saturated rings. The molecule has 0 radical (unpaired) electrons. The van der Waals surface area contributed by atoms with Crippen molar-refractivity contribution in [1.29, 1.82) is 0 Å². The van der Waals surface area contributed by atoms with Gasteiger partial charge in [-0.3, -0.25) is 0 Å². The van der Waals surface area contributed by atoms with E-state index in [4.69, 9.17) is 4.74 Å². The van der Waals surface area contributed by atoms with Gasteiger partial charge < -0.3 is 4.74 Å². The summed E-state index contributed by atoms with van der Waals surface area (Å²) >= 11 is 0. The molecular weight excluding hydrogens is 208 g/mol. The topological polar surface area (TPSA) is 9.23 Å². The standard InChI is InChI=1S/C16H24O/c1-4-14(2)10-8-9-13-17-15(3)16-11-6-5-7-12-16/h5-7,11-12,14H,3-4,8-10,13H2,1-2H3. The van der Waals surface area contributed by atoms with Crippen LogP contribution in [0.1, 0.15) is 45.1 Å². The highest BCUT2D eigenvalue weighted by Crippen LogP contribution is 2.15. The molecule has 1 heteroatoms. The highest BCUT2D eigenvalue weighted by molar-refractivity contribution is 5.56. The van der Waals surface area contributed by atoms with Gasteiger partial charge in [0.05, 0.1) is 6.61 Å². The van der Waals surface area contributed by atoms with Gasteiger partial charge in [-0.25, -0.2) is 0 Å². The maximum atomic E-state index is 5.65. The van der Waals surface area contributed by atoms with Crippen LogP contribution in [0.3, 0.4) is 0 Å². The van der Waals surface area contributed by atoms with Crippen molar-refractivity contribution in [1.82, 2.24) is 0 Å². The van der Waals surface area contributed by atoms with Gasteiger partial charge >= 0.3 is 0 Å². The summed E-state index contributed by atoms with van der Waals surface area (Å²) < 4.78 is 5.65. The van der Waals surface area contributed by atoms with Gasteiger partial charge in [-0.05, 0) is 18.8 Å². The minimum absolute atomic E-state index is 0.782. The Labute approximate surface area is 106 Å². The van der Waals surface area contributed by atoms with Crippen molar-refractivity contribution in [3.63, 3.8) is 0 Å². The molecule has 0 aliphatic carbocycles. The molecule has 1 aromatic carbocycles. The van der Waals surface area contributed by atoms with E-state index in [1.807, 2.05) is 30.3 Å². The summed E-state index contributed by atoms with van der Waals surface area (Å²) in [4.78, 5) is 0. The van der Waals surface area contributed by atoms with E-state index in [0.717, 1.165) is 30.3 Å². The van der Waals surface area contributed by atoms with Crippen molar-refractivity contribution >= 4 is 5.76 Å². The van der Waals surface area contributed by atoms with E-state index in [2.05, 4.69) is 20.4 Å². The first-order valence-electron chi connectivity index (χ1n) is 6.61. The van der Waals surface area contributed by atoms with Crippen molar-refractivity contribution in [3.05, 3.63) is 42.5 Å². The van der Waals surface area contributed by atoms with Crippen LogP contribution in [0.2, 0.25) is 0 Å². The van der Waals surface area contributed by atoms with Crippen LogP contribution in [-0.4, -0.2) is 6.61 Å². The monoisotopic (exact) mass is 232 g/mol. The van der Waals surface area contributed by atoms with Crippen LogP contribution in [0.15, 0.2) is 36.9 Å².